The van der Waals surface area contributed by atoms with Crippen LogP contribution in [0.25, 0.3) is 0 Å². The Morgan fingerprint density at radius 2 is 2.30 bits per heavy atom. The zero-order valence-electron chi connectivity index (χ0n) is 6.85. The van der Waals surface area contributed by atoms with Gasteiger partial charge in [-0.1, -0.05) is 0 Å². The van der Waals surface area contributed by atoms with Crippen LogP contribution in [-0.4, -0.2) is 23.9 Å². The molecule has 0 atom stereocenters. The number of allylic oxidation sites excluding steroid dienone is 2. The van der Waals surface area contributed by atoms with E-state index in [1.807, 2.05) is 0 Å². The standard InChI is InChI=1S/C8H17OP/c1-3-8-5-4-6-10(2,9)7-8/h3,9-10H,4-7H2,1-2H3/b8-3-. The Labute approximate surface area is 63.6 Å². The summed E-state index contributed by atoms with van der Waals surface area (Å²) >= 11 is 0. The molecule has 0 aromatic carbocycles. The van der Waals surface area contributed by atoms with Crippen LogP contribution >= 0.6 is 7.49 Å². The molecular weight excluding hydrogens is 143 g/mol. The number of hydrogen-bond donors (Lipinski definition) is 1. The van der Waals surface area contributed by atoms with E-state index in [1.165, 1.54) is 18.4 Å². The zero-order valence-corrected chi connectivity index (χ0v) is 7.85. The minimum atomic E-state index is -1.74. The monoisotopic (exact) mass is 160 g/mol. The molecule has 1 rings (SSSR count). The first-order valence-corrected chi connectivity index (χ1v) is 6.87. The summed E-state index contributed by atoms with van der Waals surface area (Å²) in [6.45, 7) is 4.14. The molecule has 0 bridgehead atoms. The molecule has 2 heteroatoms. The van der Waals surface area contributed by atoms with Gasteiger partial charge in [0.15, 0.2) is 0 Å². The predicted octanol–water partition coefficient (Wildman–Crippen LogP) is 2.01. The van der Waals surface area contributed by atoms with E-state index in [9.17, 15) is 4.89 Å². The molecule has 1 aliphatic rings. The molecule has 0 aromatic heterocycles. The molecule has 0 spiro atoms. The van der Waals surface area contributed by atoms with E-state index >= 15 is 0 Å². The first kappa shape index (κ1) is 8.23. The normalized spacial score (nSPS) is 32.1. The molecule has 1 nitrogen and oxygen atoms in total. The van der Waals surface area contributed by atoms with Crippen LogP contribution in [0.5, 0.6) is 0 Å². The molecule has 0 aromatic rings. The van der Waals surface area contributed by atoms with Crippen molar-refractivity contribution < 1.29 is 4.89 Å². The summed E-state index contributed by atoms with van der Waals surface area (Å²) < 4.78 is 0. The molecule has 0 amide bonds. The van der Waals surface area contributed by atoms with E-state index in [4.69, 9.17) is 0 Å². The SMILES string of the molecule is C/C=C1/CCC[PH](C)(O)C1. The van der Waals surface area contributed by atoms with Crippen molar-refractivity contribution in [1.29, 1.82) is 0 Å². The van der Waals surface area contributed by atoms with Crippen LogP contribution in [-0.2, 0) is 0 Å². The average Bonchev–Trinajstić information content (AvgIpc) is 1.86. The minimum absolute atomic E-state index is 1.02. The average molecular weight is 160 g/mol. The van der Waals surface area contributed by atoms with Crippen molar-refractivity contribution in [2.75, 3.05) is 19.0 Å². The fourth-order valence-corrected chi connectivity index (χ4v) is 4.08. The van der Waals surface area contributed by atoms with E-state index in [1.54, 1.807) is 0 Å². The molecule has 1 N–H and O–H groups in total. The fraction of sp³-hybridized carbons (Fsp3) is 0.750. The van der Waals surface area contributed by atoms with Crippen molar-refractivity contribution in [2.45, 2.75) is 19.8 Å². The van der Waals surface area contributed by atoms with Gasteiger partial charge in [0.05, 0.1) is 0 Å². The van der Waals surface area contributed by atoms with Crippen molar-refractivity contribution in [1.82, 2.24) is 0 Å². The summed E-state index contributed by atoms with van der Waals surface area (Å²) in [6, 6.07) is 0. The van der Waals surface area contributed by atoms with Gasteiger partial charge in [0.2, 0.25) is 0 Å². The van der Waals surface area contributed by atoms with Crippen molar-refractivity contribution >= 4 is 7.49 Å². The van der Waals surface area contributed by atoms with Crippen molar-refractivity contribution in [3.8, 4) is 0 Å². The summed E-state index contributed by atoms with van der Waals surface area (Å²) in [4.78, 5) is 9.77. The topological polar surface area (TPSA) is 20.2 Å². The van der Waals surface area contributed by atoms with Crippen LogP contribution in [0.15, 0.2) is 11.6 Å². The van der Waals surface area contributed by atoms with E-state index in [0.29, 0.717) is 0 Å². The van der Waals surface area contributed by atoms with Gasteiger partial charge in [-0.25, -0.2) is 0 Å². The summed E-state index contributed by atoms with van der Waals surface area (Å²) in [5.41, 5.74) is 1.47. The molecular formula is C8H17OP. The molecule has 0 unspecified atom stereocenters. The van der Waals surface area contributed by atoms with Gasteiger partial charge in [0, 0.05) is 0 Å². The first-order chi connectivity index (χ1) is 4.64. The van der Waals surface area contributed by atoms with Gasteiger partial charge in [-0.05, 0) is 0 Å². The molecule has 1 saturated heterocycles. The molecule has 60 valence electrons. The van der Waals surface area contributed by atoms with Gasteiger partial charge in [0.25, 0.3) is 0 Å². The maximum atomic E-state index is 9.77. The summed E-state index contributed by atoms with van der Waals surface area (Å²) in [7, 11) is -1.74. The molecule has 10 heavy (non-hydrogen) atoms. The van der Waals surface area contributed by atoms with E-state index in [-0.39, 0.29) is 0 Å². The molecule has 1 aliphatic heterocycles. The Bertz CT molecular complexity index is 149. The Morgan fingerprint density at radius 1 is 1.60 bits per heavy atom. The van der Waals surface area contributed by atoms with Crippen molar-refractivity contribution in [3.05, 3.63) is 11.6 Å². The van der Waals surface area contributed by atoms with Crippen molar-refractivity contribution in [2.24, 2.45) is 0 Å². The van der Waals surface area contributed by atoms with E-state index in [2.05, 4.69) is 19.7 Å². The summed E-state index contributed by atoms with van der Waals surface area (Å²) in [6.07, 6.45) is 6.72. The fourth-order valence-electron chi connectivity index (χ4n) is 1.61. The third-order valence-electron chi connectivity index (χ3n) is 2.23. The van der Waals surface area contributed by atoms with Crippen LogP contribution in [0.4, 0.5) is 0 Å². The first-order valence-electron chi connectivity index (χ1n) is 4.00. The van der Waals surface area contributed by atoms with Crippen LogP contribution in [0.2, 0.25) is 0 Å². The van der Waals surface area contributed by atoms with Crippen LogP contribution < -0.4 is 0 Å². The molecule has 0 saturated carbocycles. The van der Waals surface area contributed by atoms with Gasteiger partial charge < -0.3 is 0 Å². The Hall–Kier alpha value is 0.130. The van der Waals surface area contributed by atoms with E-state index < -0.39 is 7.49 Å². The van der Waals surface area contributed by atoms with Gasteiger partial charge in [-0.2, -0.15) is 0 Å². The Kier molecular flexibility index (Phi) is 2.49. The Balaban J connectivity index is 2.56. The molecule has 0 aliphatic carbocycles. The second-order valence-corrected chi connectivity index (χ2v) is 7.32. The van der Waals surface area contributed by atoms with Crippen LogP contribution in [0.3, 0.4) is 0 Å². The molecule has 1 fully saturated rings. The zero-order chi connectivity index (χ0) is 7.61. The maximum absolute atomic E-state index is 9.77. The van der Waals surface area contributed by atoms with Crippen molar-refractivity contribution in [3.63, 3.8) is 0 Å². The summed E-state index contributed by atoms with van der Waals surface area (Å²) in [5, 5.41) is 0. The van der Waals surface area contributed by atoms with Crippen LogP contribution in [0.1, 0.15) is 19.8 Å². The number of hydrogen-bond acceptors (Lipinski definition) is 1. The quantitative estimate of drug-likeness (QED) is 0.424. The van der Waals surface area contributed by atoms with Gasteiger partial charge in [-0.15, -0.1) is 0 Å². The second-order valence-electron chi connectivity index (χ2n) is 3.47. The van der Waals surface area contributed by atoms with Gasteiger partial charge in [0.1, 0.15) is 0 Å². The van der Waals surface area contributed by atoms with Gasteiger partial charge >= 0.3 is 62.8 Å². The van der Waals surface area contributed by atoms with Gasteiger partial charge in [-0.3, -0.25) is 0 Å². The molecule has 0 radical (unpaired) electrons. The number of rotatable bonds is 0. The second kappa shape index (κ2) is 3.02. The predicted molar refractivity (Wildman–Crippen MR) is 49.2 cm³/mol. The third kappa shape index (κ3) is 2.07. The van der Waals surface area contributed by atoms with E-state index in [0.717, 1.165) is 12.3 Å². The Morgan fingerprint density at radius 3 is 2.70 bits per heavy atom. The molecule has 1 heterocycles. The van der Waals surface area contributed by atoms with Crippen LogP contribution in [0, 0.1) is 0 Å². The third-order valence-corrected chi connectivity index (χ3v) is 4.88. The summed E-state index contributed by atoms with van der Waals surface area (Å²) in [5.74, 6) is 0.